The average molecular weight is 292 g/mol. The maximum absolute atomic E-state index is 11.0. The third-order valence-electron chi connectivity index (χ3n) is 3.49. The van der Waals surface area contributed by atoms with Crippen LogP contribution in [0.15, 0.2) is 60.7 Å². The van der Waals surface area contributed by atoms with E-state index in [1.54, 1.807) is 12.1 Å². The molecule has 0 fully saturated rings. The van der Waals surface area contributed by atoms with Gasteiger partial charge in [0, 0.05) is 0 Å². The van der Waals surface area contributed by atoms with E-state index in [0.29, 0.717) is 5.56 Å². The van der Waals surface area contributed by atoms with Crippen molar-refractivity contribution in [3.63, 3.8) is 0 Å². The molecule has 2 nitrogen and oxygen atoms in total. The average Bonchev–Trinajstić information content (AvgIpc) is 2.56. The van der Waals surface area contributed by atoms with Crippen molar-refractivity contribution in [2.75, 3.05) is 0 Å². The Bertz CT molecular complexity index is 786. The standard InChI is InChI=1S/C18H14O2.C2H6/c1-12-5-7-13(8-6-12)16-4-2-3-14-11-15(18(19)20)9-10-17(14)16;1-2/h2-11H,1H3,(H,19,20);1-2H3. The molecule has 3 rings (SSSR count). The quantitative estimate of drug-likeness (QED) is 0.673. The van der Waals surface area contributed by atoms with Crippen LogP contribution in [-0.4, -0.2) is 11.1 Å². The summed E-state index contributed by atoms with van der Waals surface area (Å²) in [5.41, 5.74) is 3.81. The first kappa shape index (κ1) is 15.8. The predicted molar refractivity (Wildman–Crippen MR) is 92.4 cm³/mol. The van der Waals surface area contributed by atoms with Crippen LogP contribution in [0.3, 0.4) is 0 Å². The van der Waals surface area contributed by atoms with E-state index in [2.05, 4.69) is 37.3 Å². The first-order valence-electron chi connectivity index (χ1n) is 7.48. The van der Waals surface area contributed by atoms with Gasteiger partial charge >= 0.3 is 5.97 Å². The first-order chi connectivity index (χ1) is 10.6. The fraction of sp³-hybridized carbons (Fsp3) is 0.150. The van der Waals surface area contributed by atoms with Crippen molar-refractivity contribution in [1.29, 1.82) is 0 Å². The molecule has 0 aliphatic carbocycles. The van der Waals surface area contributed by atoms with Gasteiger partial charge in [-0.25, -0.2) is 4.79 Å². The summed E-state index contributed by atoms with van der Waals surface area (Å²) in [5, 5.41) is 11.1. The zero-order valence-corrected chi connectivity index (χ0v) is 13.1. The smallest absolute Gasteiger partial charge is 0.335 e. The Labute approximate surface area is 131 Å². The number of carboxylic acids is 1. The summed E-state index contributed by atoms with van der Waals surface area (Å²) in [4.78, 5) is 11.0. The normalized spacial score (nSPS) is 9.95. The van der Waals surface area contributed by atoms with Gasteiger partial charge < -0.3 is 5.11 Å². The van der Waals surface area contributed by atoms with Crippen LogP contribution in [0, 0.1) is 6.92 Å². The van der Waals surface area contributed by atoms with E-state index in [1.165, 1.54) is 5.56 Å². The lowest BCUT2D eigenvalue weighted by Crippen LogP contribution is -1.95. The molecule has 0 saturated heterocycles. The molecule has 0 radical (unpaired) electrons. The molecule has 22 heavy (non-hydrogen) atoms. The number of rotatable bonds is 2. The SMILES string of the molecule is CC.Cc1ccc(-c2cccc3cc(C(=O)O)ccc23)cc1. The van der Waals surface area contributed by atoms with Gasteiger partial charge in [-0.05, 0) is 41.0 Å². The molecule has 0 heterocycles. The zero-order valence-electron chi connectivity index (χ0n) is 13.1. The fourth-order valence-electron chi connectivity index (χ4n) is 2.40. The third-order valence-corrected chi connectivity index (χ3v) is 3.49. The summed E-state index contributed by atoms with van der Waals surface area (Å²) >= 11 is 0. The largest absolute Gasteiger partial charge is 0.478 e. The minimum absolute atomic E-state index is 0.318. The van der Waals surface area contributed by atoms with E-state index >= 15 is 0 Å². The van der Waals surface area contributed by atoms with Gasteiger partial charge in [0.2, 0.25) is 0 Å². The molecular weight excluding hydrogens is 272 g/mol. The van der Waals surface area contributed by atoms with Crippen molar-refractivity contribution in [3.8, 4) is 11.1 Å². The highest BCUT2D eigenvalue weighted by atomic mass is 16.4. The second-order valence-electron chi connectivity index (χ2n) is 4.91. The Kier molecular flexibility index (Phi) is 4.95. The molecule has 3 aromatic carbocycles. The molecule has 1 N–H and O–H groups in total. The van der Waals surface area contributed by atoms with Gasteiger partial charge in [0.1, 0.15) is 0 Å². The Morgan fingerprint density at radius 2 is 1.59 bits per heavy atom. The molecule has 0 bridgehead atoms. The van der Waals surface area contributed by atoms with Gasteiger partial charge in [0.05, 0.1) is 5.56 Å². The van der Waals surface area contributed by atoms with Crippen LogP contribution in [0.25, 0.3) is 21.9 Å². The maximum atomic E-state index is 11.0. The van der Waals surface area contributed by atoms with Crippen LogP contribution in [0.4, 0.5) is 0 Å². The van der Waals surface area contributed by atoms with Crippen LogP contribution < -0.4 is 0 Å². The van der Waals surface area contributed by atoms with Gasteiger partial charge in [-0.1, -0.05) is 67.9 Å². The van der Waals surface area contributed by atoms with E-state index in [-0.39, 0.29) is 0 Å². The van der Waals surface area contributed by atoms with Crippen molar-refractivity contribution in [2.45, 2.75) is 20.8 Å². The van der Waals surface area contributed by atoms with Gasteiger partial charge in [-0.2, -0.15) is 0 Å². The van der Waals surface area contributed by atoms with Crippen molar-refractivity contribution in [3.05, 3.63) is 71.8 Å². The Balaban J connectivity index is 0.000000847. The highest BCUT2D eigenvalue weighted by Gasteiger charge is 2.07. The van der Waals surface area contributed by atoms with E-state index in [1.807, 2.05) is 32.0 Å². The maximum Gasteiger partial charge on any atom is 0.335 e. The summed E-state index contributed by atoms with van der Waals surface area (Å²) in [6.07, 6.45) is 0. The predicted octanol–water partition coefficient (Wildman–Crippen LogP) is 5.54. The highest BCUT2D eigenvalue weighted by molar-refractivity contribution is 6.00. The van der Waals surface area contributed by atoms with Gasteiger partial charge in [0.25, 0.3) is 0 Å². The summed E-state index contributed by atoms with van der Waals surface area (Å²) in [6, 6.07) is 19.6. The number of aryl methyl sites for hydroxylation is 1. The van der Waals surface area contributed by atoms with Crippen LogP contribution in [0.1, 0.15) is 29.8 Å². The molecule has 0 aliphatic rings. The van der Waals surface area contributed by atoms with Gasteiger partial charge in [0.15, 0.2) is 0 Å². The van der Waals surface area contributed by atoms with Crippen molar-refractivity contribution >= 4 is 16.7 Å². The molecule has 0 aromatic heterocycles. The molecule has 0 amide bonds. The second-order valence-corrected chi connectivity index (χ2v) is 4.91. The molecule has 3 aromatic rings. The number of benzene rings is 3. The van der Waals surface area contributed by atoms with Crippen LogP contribution >= 0.6 is 0 Å². The number of hydrogen-bond donors (Lipinski definition) is 1. The van der Waals surface area contributed by atoms with Crippen LogP contribution in [-0.2, 0) is 0 Å². The lowest BCUT2D eigenvalue weighted by atomic mass is 9.96. The molecule has 2 heteroatoms. The number of carbonyl (C=O) groups is 1. The lowest BCUT2D eigenvalue weighted by molar-refractivity contribution is 0.0697. The van der Waals surface area contributed by atoms with E-state index in [4.69, 9.17) is 5.11 Å². The molecule has 0 saturated carbocycles. The molecule has 0 unspecified atom stereocenters. The number of hydrogen-bond acceptors (Lipinski definition) is 1. The summed E-state index contributed by atoms with van der Waals surface area (Å²) in [6.45, 7) is 6.06. The second kappa shape index (κ2) is 6.90. The van der Waals surface area contributed by atoms with E-state index < -0.39 is 5.97 Å². The summed E-state index contributed by atoms with van der Waals surface area (Å²) < 4.78 is 0. The minimum atomic E-state index is -0.896. The first-order valence-corrected chi connectivity index (χ1v) is 7.48. The molecule has 112 valence electrons. The summed E-state index contributed by atoms with van der Waals surface area (Å²) in [5.74, 6) is -0.896. The van der Waals surface area contributed by atoms with Crippen LogP contribution in [0.2, 0.25) is 0 Å². The highest BCUT2D eigenvalue weighted by Crippen LogP contribution is 2.29. The van der Waals surface area contributed by atoms with Crippen molar-refractivity contribution in [1.82, 2.24) is 0 Å². The van der Waals surface area contributed by atoms with Crippen molar-refractivity contribution < 1.29 is 9.90 Å². The molecule has 0 atom stereocenters. The number of aromatic carboxylic acids is 1. The molecule has 0 aliphatic heterocycles. The summed E-state index contributed by atoms with van der Waals surface area (Å²) in [7, 11) is 0. The monoisotopic (exact) mass is 292 g/mol. The minimum Gasteiger partial charge on any atom is -0.478 e. The Morgan fingerprint density at radius 3 is 2.23 bits per heavy atom. The molecule has 0 spiro atoms. The van der Waals surface area contributed by atoms with E-state index in [0.717, 1.165) is 21.9 Å². The fourth-order valence-corrected chi connectivity index (χ4v) is 2.40. The lowest BCUT2D eigenvalue weighted by Gasteiger charge is -2.08. The molecular formula is C20H20O2. The van der Waals surface area contributed by atoms with Crippen LogP contribution in [0.5, 0.6) is 0 Å². The Hall–Kier alpha value is -2.61. The number of carboxylic acid groups (broad SMARTS) is 1. The topological polar surface area (TPSA) is 37.3 Å². The van der Waals surface area contributed by atoms with E-state index in [9.17, 15) is 4.79 Å². The Morgan fingerprint density at radius 1 is 0.909 bits per heavy atom. The van der Waals surface area contributed by atoms with Crippen molar-refractivity contribution in [2.24, 2.45) is 0 Å². The third kappa shape index (κ3) is 3.17. The number of fused-ring (bicyclic) bond motifs is 1. The zero-order chi connectivity index (χ0) is 16.1. The van der Waals surface area contributed by atoms with Gasteiger partial charge in [-0.3, -0.25) is 0 Å². The van der Waals surface area contributed by atoms with Gasteiger partial charge in [-0.15, -0.1) is 0 Å².